The summed E-state index contributed by atoms with van der Waals surface area (Å²) in [4.78, 5) is 17.5. The third-order valence-electron chi connectivity index (χ3n) is 2.32. The van der Waals surface area contributed by atoms with Crippen molar-refractivity contribution in [3.63, 3.8) is 0 Å². The number of amides is 2. The fourth-order valence-electron chi connectivity index (χ4n) is 1.40. The van der Waals surface area contributed by atoms with E-state index in [4.69, 9.17) is 11.6 Å². The molecular formula is C12H17ClN4O. The average molecular weight is 269 g/mol. The maximum Gasteiger partial charge on any atom is 0.326 e. The molecule has 0 aliphatic heterocycles. The molecule has 1 aromatic rings. The Balaban J connectivity index is 2.77. The summed E-state index contributed by atoms with van der Waals surface area (Å²) in [7, 11) is 5.20. The zero-order valence-corrected chi connectivity index (χ0v) is 11.7. The number of nitrogens with zero attached hydrogens (tertiary/aromatic N) is 2. The molecule has 1 aromatic carbocycles. The second kappa shape index (κ2) is 6.26. The van der Waals surface area contributed by atoms with Gasteiger partial charge in [-0.2, -0.15) is 0 Å². The van der Waals surface area contributed by atoms with Crippen molar-refractivity contribution in [3.05, 3.63) is 28.8 Å². The molecule has 1 rings (SSSR count). The van der Waals surface area contributed by atoms with Gasteiger partial charge in [0.1, 0.15) is 0 Å². The van der Waals surface area contributed by atoms with Crippen molar-refractivity contribution in [1.82, 2.24) is 10.2 Å². The molecule has 0 aliphatic carbocycles. The number of benzene rings is 1. The van der Waals surface area contributed by atoms with E-state index in [9.17, 15) is 4.79 Å². The number of rotatable bonds is 1. The molecule has 0 radical (unpaired) electrons. The van der Waals surface area contributed by atoms with Gasteiger partial charge in [0.05, 0.1) is 10.7 Å². The largest absolute Gasteiger partial charge is 0.349 e. The van der Waals surface area contributed by atoms with Gasteiger partial charge in [-0.1, -0.05) is 23.7 Å². The Bertz CT molecular complexity index is 451. The van der Waals surface area contributed by atoms with Crippen molar-refractivity contribution in [3.8, 4) is 0 Å². The predicted octanol–water partition coefficient (Wildman–Crippen LogP) is 2.32. The van der Waals surface area contributed by atoms with E-state index in [1.165, 1.54) is 0 Å². The molecule has 0 aromatic heterocycles. The second-order valence-electron chi connectivity index (χ2n) is 3.95. The molecule has 98 valence electrons. The molecule has 0 unspecified atom stereocenters. The standard InChI is InChI=1S/C12H17ClN4O/c1-8-6-5-7-9(13)10(8)15-12(18)16-11(14-2)17(3)4/h5-7H,1-4H3,(H2,14,15,16,18). The van der Waals surface area contributed by atoms with Crippen LogP contribution in [0, 0.1) is 6.92 Å². The lowest BCUT2D eigenvalue weighted by atomic mass is 10.2. The molecule has 0 heterocycles. The van der Waals surface area contributed by atoms with Crippen molar-refractivity contribution in [2.24, 2.45) is 4.99 Å². The molecule has 0 fully saturated rings. The molecule has 0 saturated heterocycles. The second-order valence-corrected chi connectivity index (χ2v) is 4.36. The van der Waals surface area contributed by atoms with Crippen LogP contribution >= 0.6 is 11.6 Å². The van der Waals surface area contributed by atoms with Crippen LogP contribution in [0.4, 0.5) is 10.5 Å². The number of nitrogens with one attached hydrogen (secondary N) is 2. The number of carbonyl (C=O) groups is 1. The first-order chi connectivity index (χ1) is 8.45. The van der Waals surface area contributed by atoms with Gasteiger partial charge in [0.25, 0.3) is 0 Å². The highest BCUT2D eigenvalue weighted by molar-refractivity contribution is 6.34. The Hall–Kier alpha value is -1.75. The van der Waals surface area contributed by atoms with E-state index in [2.05, 4.69) is 15.6 Å². The zero-order chi connectivity index (χ0) is 13.7. The number of halogens is 1. The van der Waals surface area contributed by atoms with Crippen LogP contribution in [0.3, 0.4) is 0 Å². The Morgan fingerprint density at radius 3 is 2.56 bits per heavy atom. The molecule has 0 saturated carbocycles. The fraction of sp³-hybridized carbons (Fsp3) is 0.333. The van der Waals surface area contributed by atoms with Gasteiger partial charge in [-0.05, 0) is 18.6 Å². The Kier molecular flexibility index (Phi) is 4.97. The summed E-state index contributed by atoms with van der Waals surface area (Å²) in [6, 6.07) is 5.06. The molecule has 18 heavy (non-hydrogen) atoms. The highest BCUT2D eigenvalue weighted by atomic mass is 35.5. The SMILES string of the molecule is CN=C(NC(=O)Nc1c(C)cccc1Cl)N(C)C. The van der Waals surface area contributed by atoms with Gasteiger partial charge < -0.3 is 10.2 Å². The van der Waals surface area contributed by atoms with Crippen LogP contribution in [-0.4, -0.2) is 38.0 Å². The number of aliphatic imine (C=N–C) groups is 1. The number of para-hydroxylation sites is 1. The number of carbonyl (C=O) groups excluding carboxylic acids is 1. The van der Waals surface area contributed by atoms with Gasteiger partial charge in [0.15, 0.2) is 0 Å². The Morgan fingerprint density at radius 2 is 2.06 bits per heavy atom. The summed E-state index contributed by atoms with van der Waals surface area (Å²) in [5.74, 6) is 0.470. The molecule has 2 N–H and O–H groups in total. The lowest BCUT2D eigenvalue weighted by molar-refractivity contribution is 0.255. The fourth-order valence-corrected chi connectivity index (χ4v) is 1.67. The molecule has 5 nitrogen and oxygen atoms in total. The van der Waals surface area contributed by atoms with Crippen molar-refractivity contribution in [2.45, 2.75) is 6.92 Å². The van der Waals surface area contributed by atoms with Gasteiger partial charge in [0, 0.05) is 21.1 Å². The first-order valence-corrected chi connectivity index (χ1v) is 5.80. The number of guanidine groups is 1. The lowest BCUT2D eigenvalue weighted by Crippen LogP contribution is -2.42. The molecule has 6 heteroatoms. The van der Waals surface area contributed by atoms with E-state index in [0.717, 1.165) is 5.56 Å². The van der Waals surface area contributed by atoms with Gasteiger partial charge in [-0.25, -0.2) is 4.79 Å². The monoisotopic (exact) mass is 268 g/mol. The van der Waals surface area contributed by atoms with E-state index in [1.54, 1.807) is 32.1 Å². The number of aryl methyl sites for hydroxylation is 1. The van der Waals surface area contributed by atoms with Gasteiger partial charge in [0.2, 0.25) is 5.96 Å². The maximum absolute atomic E-state index is 11.8. The van der Waals surface area contributed by atoms with Crippen LogP contribution in [-0.2, 0) is 0 Å². The summed E-state index contributed by atoms with van der Waals surface area (Å²) in [6.07, 6.45) is 0. The molecule has 0 spiro atoms. The van der Waals surface area contributed by atoms with Crippen LogP contribution in [0.25, 0.3) is 0 Å². The minimum Gasteiger partial charge on any atom is -0.349 e. The Morgan fingerprint density at radius 1 is 1.39 bits per heavy atom. The van der Waals surface area contributed by atoms with Gasteiger partial charge in [-0.3, -0.25) is 10.3 Å². The third kappa shape index (κ3) is 3.63. The van der Waals surface area contributed by atoms with Crippen LogP contribution in [0.5, 0.6) is 0 Å². The lowest BCUT2D eigenvalue weighted by Gasteiger charge is -2.17. The van der Waals surface area contributed by atoms with E-state index in [1.807, 2.05) is 19.1 Å². The summed E-state index contributed by atoms with van der Waals surface area (Å²) in [6.45, 7) is 1.88. The van der Waals surface area contributed by atoms with Gasteiger partial charge in [-0.15, -0.1) is 0 Å². The van der Waals surface area contributed by atoms with Crippen molar-refractivity contribution in [2.75, 3.05) is 26.5 Å². The molecule has 2 amide bonds. The molecule has 0 bridgehead atoms. The quantitative estimate of drug-likeness (QED) is 0.607. The number of hydrogen-bond acceptors (Lipinski definition) is 2. The molecule has 0 aliphatic rings. The summed E-state index contributed by atoms with van der Waals surface area (Å²) < 4.78 is 0. The van der Waals surface area contributed by atoms with Crippen LogP contribution in [0.2, 0.25) is 5.02 Å². The smallest absolute Gasteiger partial charge is 0.326 e. The summed E-state index contributed by atoms with van der Waals surface area (Å²) in [5.41, 5.74) is 1.50. The highest BCUT2D eigenvalue weighted by Crippen LogP contribution is 2.24. The maximum atomic E-state index is 11.8. The zero-order valence-electron chi connectivity index (χ0n) is 10.9. The topological polar surface area (TPSA) is 56.7 Å². The number of hydrogen-bond donors (Lipinski definition) is 2. The average Bonchev–Trinajstić information content (AvgIpc) is 2.30. The summed E-state index contributed by atoms with van der Waals surface area (Å²) >= 11 is 6.02. The number of anilines is 1. The van der Waals surface area contributed by atoms with Crippen LogP contribution in [0.15, 0.2) is 23.2 Å². The van der Waals surface area contributed by atoms with E-state index < -0.39 is 0 Å². The third-order valence-corrected chi connectivity index (χ3v) is 2.64. The summed E-state index contributed by atoms with van der Waals surface area (Å²) in [5, 5.41) is 5.85. The predicted molar refractivity (Wildman–Crippen MR) is 75.4 cm³/mol. The molecule has 0 atom stereocenters. The van der Waals surface area contributed by atoms with Crippen LogP contribution in [0.1, 0.15) is 5.56 Å². The van der Waals surface area contributed by atoms with Gasteiger partial charge >= 0.3 is 6.03 Å². The van der Waals surface area contributed by atoms with Crippen LogP contribution < -0.4 is 10.6 Å². The van der Waals surface area contributed by atoms with Crippen molar-refractivity contribution >= 4 is 29.3 Å². The van der Waals surface area contributed by atoms with Crippen molar-refractivity contribution in [1.29, 1.82) is 0 Å². The number of urea groups is 1. The minimum atomic E-state index is -0.375. The highest BCUT2D eigenvalue weighted by Gasteiger charge is 2.10. The van der Waals surface area contributed by atoms with E-state index in [0.29, 0.717) is 16.7 Å². The molecular weight excluding hydrogens is 252 g/mol. The van der Waals surface area contributed by atoms with E-state index in [-0.39, 0.29) is 6.03 Å². The minimum absolute atomic E-state index is 0.375. The van der Waals surface area contributed by atoms with Crippen molar-refractivity contribution < 1.29 is 4.79 Å². The first-order valence-electron chi connectivity index (χ1n) is 5.43. The Labute approximate surface area is 112 Å². The normalized spacial score (nSPS) is 11.1. The first kappa shape index (κ1) is 14.3. The van der Waals surface area contributed by atoms with E-state index >= 15 is 0 Å².